The van der Waals surface area contributed by atoms with Crippen LogP contribution in [-0.4, -0.2) is 30.0 Å². The van der Waals surface area contributed by atoms with Crippen LogP contribution in [0, 0.1) is 17.0 Å². The Morgan fingerprint density at radius 3 is 2.62 bits per heavy atom. The highest BCUT2D eigenvalue weighted by Crippen LogP contribution is 2.27. The molecule has 0 bridgehead atoms. The van der Waals surface area contributed by atoms with Crippen LogP contribution in [0.15, 0.2) is 42.5 Å². The van der Waals surface area contributed by atoms with E-state index in [2.05, 4.69) is 5.32 Å². The molecule has 0 aliphatic carbocycles. The number of esters is 1. The number of hydrogen-bond acceptors (Lipinski definition) is 6. The van der Waals surface area contributed by atoms with Crippen molar-refractivity contribution < 1.29 is 24.0 Å². The normalized spacial score (nSPS) is 10.1. The summed E-state index contributed by atoms with van der Waals surface area (Å²) in [6.45, 7) is 3.17. The van der Waals surface area contributed by atoms with Crippen molar-refractivity contribution in [3.8, 4) is 5.75 Å². The Hall–Kier alpha value is -3.42. The Bertz CT molecular complexity index is 834. The Labute approximate surface area is 149 Å². The van der Waals surface area contributed by atoms with Gasteiger partial charge in [0.05, 0.1) is 22.8 Å². The number of amides is 1. The summed E-state index contributed by atoms with van der Waals surface area (Å²) in [5, 5.41) is 13.6. The number of carbonyl (C=O) groups excluding carboxylic acids is 2. The maximum atomic E-state index is 12.1. The van der Waals surface area contributed by atoms with Crippen LogP contribution in [0.2, 0.25) is 0 Å². The van der Waals surface area contributed by atoms with E-state index in [9.17, 15) is 19.7 Å². The highest BCUT2D eigenvalue weighted by Gasteiger charge is 2.18. The van der Waals surface area contributed by atoms with E-state index < -0.39 is 23.4 Å². The van der Waals surface area contributed by atoms with E-state index in [-0.39, 0.29) is 29.3 Å². The second-order valence-electron chi connectivity index (χ2n) is 5.33. The summed E-state index contributed by atoms with van der Waals surface area (Å²) in [7, 11) is 0. The predicted octanol–water partition coefficient (Wildman–Crippen LogP) is 3.10. The van der Waals surface area contributed by atoms with Crippen LogP contribution in [0.5, 0.6) is 5.75 Å². The minimum atomic E-state index is -0.573. The summed E-state index contributed by atoms with van der Waals surface area (Å²) in [4.78, 5) is 34.5. The van der Waals surface area contributed by atoms with Crippen LogP contribution in [-0.2, 0) is 9.53 Å². The van der Waals surface area contributed by atoms with Crippen molar-refractivity contribution in [2.24, 2.45) is 0 Å². The third kappa shape index (κ3) is 4.79. The first kappa shape index (κ1) is 18.9. The molecule has 2 rings (SSSR count). The molecule has 1 amide bonds. The SMILES string of the molecule is CCOC(=O)c1ccccc1NC(=O)COc1ccc(C)cc1[N+](=O)[O-]. The van der Waals surface area contributed by atoms with Gasteiger partial charge in [0.2, 0.25) is 0 Å². The molecule has 136 valence electrons. The minimum absolute atomic E-state index is 0.00516. The van der Waals surface area contributed by atoms with Gasteiger partial charge in [0.15, 0.2) is 12.4 Å². The molecule has 0 saturated carbocycles. The fraction of sp³-hybridized carbons (Fsp3) is 0.222. The van der Waals surface area contributed by atoms with Crippen molar-refractivity contribution in [3.05, 3.63) is 63.7 Å². The largest absolute Gasteiger partial charge is 0.477 e. The molecule has 0 spiro atoms. The van der Waals surface area contributed by atoms with E-state index >= 15 is 0 Å². The third-order valence-corrected chi connectivity index (χ3v) is 3.37. The molecule has 2 aromatic rings. The molecule has 0 aliphatic rings. The number of rotatable bonds is 7. The summed E-state index contributed by atoms with van der Waals surface area (Å²) in [6, 6.07) is 10.8. The molecule has 0 fully saturated rings. The molecule has 0 unspecified atom stereocenters. The first-order chi connectivity index (χ1) is 12.4. The van der Waals surface area contributed by atoms with Gasteiger partial charge in [-0.15, -0.1) is 0 Å². The number of para-hydroxylation sites is 1. The quantitative estimate of drug-likeness (QED) is 0.463. The summed E-state index contributed by atoms with van der Waals surface area (Å²) in [5.74, 6) is -1.12. The zero-order chi connectivity index (χ0) is 19.1. The van der Waals surface area contributed by atoms with Gasteiger partial charge in [-0.25, -0.2) is 4.79 Å². The first-order valence-corrected chi connectivity index (χ1v) is 7.86. The topological polar surface area (TPSA) is 108 Å². The predicted molar refractivity (Wildman–Crippen MR) is 94.4 cm³/mol. The molecule has 0 heterocycles. The molecule has 0 saturated heterocycles. The lowest BCUT2D eigenvalue weighted by Gasteiger charge is -2.11. The van der Waals surface area contributed by atoms with Gasteiger partial charge in [-0.05, 0) is 37.6 Å². The van der Waals surface area contributed by atoms with E-state index in [1.54, 1.807) is 38.1 Å². The lowest BCUT2D eigenvalue weighted by molar-refractivity contribution is -0.385. The summed E-state index contributed by atoms with van der Waals surface area (Å²) < 4.78 is 10.2. The molecule has 8 nitrogen and oxygen atoms in total. The minimum Gasteiger partial charge on any atom is -0.477 e. The van der Waals surface area contributed by atoms with Crippen LogP contribution < -0.4 is 10.1 Å². The van der Waals surface area contributed by atoms with Crippen molar-refractivity contribution in [1.82, 2.24) is 0 Å². The van der Waals surface area contributed by atoms with Crippen molar-refractivity contribution >= 4 is 23.3 Å². The number of aryl methyl sites for hydroxylation is 1. The lowest BCUT2D eigenvalue weighted by atomic mass is 10.2. The number of nitro groups is 1. The van der Waals surface area contributed by atoms with Gasteiger partial charge in [-0.1, -0.05) is 18.2 Å². The number of benzene rings is 2. The molecule has 1 N–H and O–H groups in total. The Balaban J connectivity index is 2.07. The second-order valence-corrected chi connectivity index (χ2v) is 5.33. The summed E-state index contributed by atoms with van der Waals surface area (Å²) in [5.41, 5.74) is 0.976. The third-order valence-electron chi connectivity index (χ3n) is 3.37. The Morgan fingerprint density at radius 1 is 1.19 bits per heavy atom. The standard InChI is InChI=1S/C18H18N2O6/c1-3-25-18(22)13-6-4-5-7-14(13)19-17(21)11-26-16-9-8-12(2)10-15(16)20(23)24/h4-10H,3,11H2,1-2H3,(H,19,21). The first-order valence-electron chi connectivity index (χ1n) is 7.86. The average Bonchev–Trinajstić information content (AvgIpc) is 2.61. The van der Waals surface area contributed by atoms with Crippen LogP contribution in [0.25, 0.3) is 0 Å². The van der Waals surface area contributed by atoms with E-state index in [1.807, 2.05) is 0 Å². The number of anilines is 1. The molecule has 26 heavy (non-hydrogen) atoms. The van der Waals surface area contributed by atoms with Gasteiger partial charge in [-0.2, -0.15) is 0 Å². The van der Waals surface area contributed by atoms with E-state index in [0.29, 0.717) is 5.56 Å². The monoisotopic (exact) mass is 358 g/mol. The fourth-order valence-corrected chi connectivity index (χ4v) is 2.20. The number of ether oxygens (including phenoxy) is 2. The summed E-state index contributed by atoms with van der Waals surface area (Å²) >= 11 is 0. The van der Waals surface area contributed by atoms with E-state index in [4.69, 9.17) is 9.47 Å². The van der Waals surface area contributed by atoms with Crippen LogP contribution in [0.3, 0.4) is 0 Å². The fourth-order valence-electron chi connectivity index (χ4n) is 2.20. The van der Waals surface area contributed by atoms with Crippen molar-refractivity contribution in [1.29, 1.82) is 0 Å². The van der Waals surface area contributed by atoms with Gasteiger partial charge in [0.25, 0.3) is 5.91 Å². The molecule has 0 radical (unpaired) electrons. The molecular formula is C18H18N2O6. The van der Waals surface area contributed by atoms with E-state index in [0.717, 1.165) is 0 Å². The molecular weight excluding hydrogens is 340 g/mol. The number of nitrogens with zero attached hydrogens (tertiary/aromatic N) is 1. The van der Waals surface area contributed by atoms with Gasteiger partial charge in [-0.3, -0.25) is 14.9 Å². The van der Waals surface area contributed by atoms with Crippen molar-refractivity contribution in [2.45, 2.75) is 13.8 Å². The number of hydrogen-bond donors (Lipinski definition) is 1. The van der Waals surface area contributed by atoms with Crippen LogP contribution in [0.4, 0.5) is 11.4 Å². The zero-order valence-electron chi connectivity index (χ0n) is 14.4. The highest BCUT2D eigenvalue weighted by molar-refractivity contribution is 6.01. The lowest BCUT2D eigenvalue weighted by Crippen LogP contribution is -2.22. The molecule has 0 aliphatic heterocycles. The Morgan fingerprint density at radius 2 is 1.92 bits per heavy atom. The maximum Gasteiger partial charge on any atom is 0.340 e. The maximum absolute atomic E-state index is 12.1. The molecule has 2 aromatic carbocycles. The van der Waals surface area contributed by atoms with Gasteiger partial charge >= 0.3 is 11.7 Å². The zero-order valence-corrected chi connectivity index (χ0v) is 14.4. The number of nitro benzene ring substituents is 1. The molecule has 0 aromatic heterocycles. The van der Waals surface area contributed by atoms with Gasteiger partial charge in [0, 0.05) is 6.07 Å². The number of carbonyl (C=O) groups is 2. The van der Waals surface area contributed by atoms with Gasteiger partial charge in [0.1, 0.15) is 0 Å². The second kappa shape index (κ2) is 8.61. The van der Waals surface area contributed by atoms with Crippen LogP contribution in [0.1, 0.15) is 22.8 Å². The summed E-state index contributed by atoms with van der Waals surface area (Å²) in [6.07, 6.45) is 0. The van der Waals surface area contributed by atoms with Crippen LogP contribution >= 0.6 is 0 Å². The van der Waals surface area contributed by atoms with E-state index in [1.165, 1.54) is 18.2 Å². The molecule has 8 heteroatoms. The number of nitrogens with one attached hydrogen (secondary N) is 1. The molecule has 0 atom stereocenters. The highest BCUT2D eigenvalue weighted by atomic mass is 16.6. The van der Waals surface area contributed by atoms with Crippen molar-refractivity contribution in [3.63, 3.8) is 0 Å². The Kier molecular flexibility index (Phi) is 6.26. The van der Waals surface area contributed by atoms with Gasteiger partial charge < -0.3 is 14.8 Å². The van der Waals surface area contributed by atoms with Crippen molar-refractivity contribution in [2.75, 3.05) is 18.5 Å². The smallest absolute Gasteiger partial charge is 0.340 e. The average molecular weight is 358 g/mol.